The molecule has 1 heterocycles. The summed E-state index contributed by atoms with van der Waals surface area (Å²) in [5.41, 5.74) is 1.04. The molecule has 0 amide bonds. The molecular formula is C17H23NO5. The van der Waals surface area contributed by atoms with E-state index in [2.05, 4.69) is 0 Å². The molecule has 0 bridgehead atoms. The first-order chi connectivity index (χ1) is 11.1. The minimum absolute atomic E-state index is 0.101. The molecule has 0 spiro atoms. The molecule has 1 saturated heterocycles. The third-order valence-corrected chi connectivity index (χ3v) is 4.09. The van der Waals surface area contributed by atoms with Gasteiger partial charge in [0.1, 0.15) is 24.2 Å². The molecule has 1 aromatic rings. The van der Waals surface area contributed by atoms with Gasteiger partial charge in [-0.05, 0) is 12.0 Å². The Morgan fingerprint density at radius 3 is 2.52 bits per heavy atom. The second kappa shape index (κ2) is 8.39. The van der Waals surface area contributed by atoms with Gasteiger partial charge in [-0.1, -0.05) is 37.3 Å². The van der Waals surface area contributed by atoms with E-state index in [1.54, 1.807) is 0 Å². The van der Waals surface area contributed by atoms with Crippen LogP contribution in [-0.4, -0.2) is 48.5 Å². The van der Waals surface area contributed by atoms with Gasteiger partial charge < -0.3 is 24.4 Å². The predicted octanol–water partition coefficient (Wildman–Crippen LogP) is 1.39. The lowest BCUT2D eigenvalue weighted by atomic mass is 9.92. The lowest BCUT2D eigenvalue weighted by Gasteiger charge is -2.39. The average molecular weight is 321 g/mol. The van der Waals surface area contributed by atoms with Crippen molar-refractivity contribution in [3.63, 3.8) is 0 Å². The highest BCUT2D eigenvalue weighted by molar-refractivity contribution is 5.17. The van der Waals surface area contributed by atoms with Gasteiger partial charge in [-0.2, -0.15) is 5.26 Å². The van der Waals surface area contributed by atoms with Crippen molar-refractivity contribution in [2.45, 2.75) is 44.1 Å². The summed E-state index contributed by atoms with van der Waals surface area (Å²) in [6.07, 6.45) is -3.42. The molecule has 0 saturated carbocycles. The fourth-order valence-electron chi connectivity index (χ4n) is 2.74. The van der Waals surface area contributed by atoms with Crippen molar-refractivity contribution in [2.75, 3.05) is 13.7 Å². The van der Waals surface area contributed by atoms with Crippen LogP contribution in [0.15, 0.2) is 30.3 Å². The molecule has 23 heavy (non-hydrogen) atoms. The number of nitriles is 1. The third kappa shape index (κ3) is 4.08. The number of hydrogen-bond acceptors (Lipinski definition) is 6. The Balaban J connectivity index is 2.00. The van der Waals surface area contributed by atoms with E-state index < -0.39 is 30.5 Å². The third-order valence-electron chi connectivity index (χ3n) is 4.09. The maximum atomic E-state index is 10.1. The van der Waals surface area contributed by atoms with Crippen LogP contribution in [-0.2, 0) is 14.2 Å². The molecule has 2 N–H and O–H groups in total. The van der Waals surface area contributed by atoms with Crippen molar-refractivity contribution in [2.24, 2.45) is 5.92 Å². The van der Waals surface area contributed by atoms with E-state index in [-0.39, 0.29) is 12.7 Å². The second-order valence-corrected chi connectivity index (χ2v) is 5.56. The van der Waals surface area contributed by atoms with Crippen LogP contribution < -0.4 is 0 Å². The zero-order valence-electron chi connectivity index (χ0n) is 13.3. The van der Waals surface area contributed by atoms with Crippen LogP contribution in [0.2, 0.25) is 0 Å². The fourth-order valence-corrected chi connectivity index (χ4v) is 2.74. The molecule has 2 rings (SSSR count). The zero-order valence-corrected chi connectivity index (χ0v) is 13.3. The lowest BCUT2D eigenvalue weighted by Crippen LogP contribution is -2.56. The summed E-state index contributed by atoms with van der Waals surface area (Å²) < 4.78 is 16.5. The van der Waals surface area contributed by atoms with Gasteiger partial charge in [0.25, 0.3) is 0 Å². The van der Waals surface area contributed by atoms with Gasteiger partial charge in [-0.3, -0.25) is 0 Å². The number of benzene rings is 1. The smallest absolute Gasteiger partial charge is 0.176 e. The first-order valence-electron chi connectivity index (χ1n) is 7.72. The van der Waals surface area contributed by atoms with E-state index in [9.17, 15) is 10.2 Å². The summed E-state index contributed by atoms with van der Waals surface area (Å²) in [6.45, 7) is 2.11. The highest BCUT2D eigenvalue weighted by atomic mass is 16.7. The van der Waals surface area contributed by atoms with Gasteiger partial charge >= 0.3 is 0 Å². The Morgan fingerprint density at radius 1 is 1.26 bits per heavy atom. The highest BCUT2D eigenvalue weighted by Gasteiger charge is 2.45. The summed E-state index contributed by atoms with van der Waals surface area (Å²) in [5, 5.41) is 29.3. The van der Waals surface area contributed by atoms with Crippen LogP contribution >= 0.6 is 0 Å². The Hall–Kier alpha value is -1.49. The van der Waals surface area contributed by atoms with Gasteiger partial charge in [0.05, 0.1) is 18.8 Å². The number of hydrogen-bond donors (Lipinski definition) is 2. The normalized spacial score (nSPS) is 32.2. The van der Waals surface area contributed by atoms with E-state index in [4.69, 9.17) is 19.5 Å². The standard InChI is InChI=1S/C17H23NO5/c1-3-13(11-7-5-4-6-8-11)22-10-14-16(20)15(19)12(9-18)17(21-2)23-14/h4-8,12-17,19-20H,3,10H2,1-2H3/t12-,13+,14+,15-,16+,17-/m0/s1. The minimum Gasteiger partial charge on any atom is -0.389 e. The van der Waals surface area contributed by atoms with Crippen LogP contribution in [0.1, 0.15) is 25.0 Å². The number of rotatable bonds is 6. The second-order valence-electron chi connectivity index (χ2n) is 5.56. The SMILES string of the molecule is CC[C@@H](OC[C@H]1O[C@H](OC)[C@@H](C#N)[C@H](O)[C@@H]1O)c1ccccc1. The van der Waals surface area contributed by atoms with E-state index in [1.807, 2.05) is 43.3 Å². The largest absolute Gasteiger partial charge is 0.389 e. The van der Waals surface area contributed by atoms with Crippen molar-refractivity contribution >= 4 is 0 Å². The number of nitrogens with zero attached hydrogens (tertiary/aromatic N) is 1. The average Bonchev–Trinajstić information content (AvgIpc) is 2.59. The maximum Gasteiger partial charge on any atom is 0.176 e. The van der Waals surface area contributed by atoms with Crippen LogP contribution in [0, 0.1) is 17.2 Å². The molecule has 6 atom stereocenters. The fraction of sp³-hybridized carbons (Fsp3) is 0.588. The molecule has 0 aromatic heterocycles. The van der Waals surface area contributed by atoms with Crippen LogP contribution in [0.25, 0.3) is 0 Å². The topological polar surface area (TPSA) is 91.9 Å². The zero-order chi connectivity index (χ0) is 16.8. The van der Waals surface area contributed by atoms with Crippen molar-refractivity contribution in [3.05, 3.63) is 35.9 Å². The van der Waals surface area contributed by atoms with Crippen molar-refractivity contribution in [1.82, 2.24) is 0 Å². The van der Waals surface area contributed by atoms with Gasteiger partial charge in [0.15, 0.2) is 6.29 Å². The summed E-state index contributed by atoms with van der Waals surface area (Å²) in [5.74, 6) is -0.928. The summed E-state index contributed by atoms with van der Waals surface area (Å²) in [4.78, 5) is 0. The highest BCUT2D eigenvalue weighted by Crippen LogP contribution is 2.28. The molecular weight excluding hydrogens is 298 g/mol. The Labute approximate surface area is 136 Å². The summed E-state index contributed by atoms with van der Waals surface area (Å²) in [6, 6.07) is 11.7. The molecule has 6 nitrogen and oxygen atoms in total. The molecule has 1 aromatic carbocycles. The first kappa shape index (κ1) is 17.9. The first-order valence-corrected chi connectivity index (χ1v) is 7.72. The van der Waals surface area contributed by atoms with E-state index in [0.717, 1.165) is 12.0 Å². The lowest BCUT2D eigenvalue weighted by molar-refractivity contribution is -0.272. The Bertz CT molecular complexity index is 515. The van der Waals surface area contributed by atoms with Crippen LogP contribution in [0.4, 0.5) is 0 Å². The molecule has 1 aliphatic heterocycles. The summed E-state index contributed by atoms with van der Waals surface area (Å²) >= 11 is 0. The minimum atomic E-state index is -1.23. The molecule has 0 radical (unpaired) electrons. The molecule has 0 unspecified atom stereocenters. The van der Waals surface area contributed by atoms with Crippen molar-refractivity contribution in [1.29, 1.82) is 5.26 Å². The monoisotopic (exact) mass is 321 g/mol. The van der Waals surface area contributed by atoms with E-state index in [1.165, 1.54) is 7.11 Å². The molecule has 1 fully saturated rings. The molecule has 1 aliphatic rings. The van der Waals surface area contributed by atoms with Gasteiger partial charge in [0.2, 0.25) is 0 Å². The van der Waals surface area contributed by atoms with Crippen LogP contribution in [0.5, 0.6) is 0 Å². The van der Waals surface area contributed by atoms with Gasteiger partial charge in [-0.15, -0.1) is 0 Å². The Kier molecular flexibility index (Phi) is 6.51. The number of ether oxygens (including phenoxy) is 3. The summed E-state index contributed by atoms with van der Waals surface area (Å²) in [7, 11) is 1.40. The molecule has 0 aliphatic carbocycles. The van der Waals surface area contributed by atoms with E-state index in [0.29, 0.717) is 0 Å². The van der Waals surface area contributed by atoms with Crippen molar-refractivity contribution < 1.29 is 24.4 Å². The predicted molar refractivity (Wildman–Crippen MR) is 82.2 cm³/mol. The molecule has 6 heteroatoms. The van der Waals surface area contributed by atoms with Gasteiger partial charge in [-0.25, -0.2) is 0 Å². The van der Waals surface area contributed by atoms with E-state index >= 15 is 0 Å². The molecule has 126 valence electrons. The van der Waals surface area contributed by atoms with Gasteiger partial charge in [0, 0.05) is 7.11 Å². The maximum absolute atomic E-state index is 10.1. The number of methoxy groups -OCH3 is 1. The Morgan fingerprint density at radius 2 is 1.96 bits per heavy atom. The van der Waals surface area contributed by atoms with Crippen molar-refractivity contribution in [3.8, 4) is 6.07 Å². The van der Waals surface area contributed by atoms with Crippen LogP contribution in [0.3, 0.4) is 0 Å². The number of aliphatic hydroxyl groups is 2. The quantitative estimate of drug-likeness (QED) is 0.822. The number of aliphatic hydroxyl groups excluding tert-OH is 2.